The minimum Gasteiger partial charge on any atom is -0.497 e. The first-order valence-corrected chi connectivity index (χ1v) is 15.2. The lowest BCUT2D eigenvalue weighted by atomic mass is 9.96. The zero-order chi connectivity index (χ0) is 27.5. The summed E-state index contributed by atoms with van der Waals surface area (Å²) in [5, 5.41) is 11.9. The first kappa shape index (κ1) is 28.5. The maximum atomic E-state index is 13.9. The zero-order valence-electron chi connectivity index (χ0n) is 23.0. The minimum absolute atomic E-state index is 0.0119. The molecule has 2 atom stereocenters. The van der Waals surface area contributed by atoms with E-state index in [2.05, 4.69) is 33.9 Å². The van der Waals surface area contributed by atoms with Gasteiger partial charge >= 0.3 is 0 Å². The van der Waals surface area contributed by atoms with Crippen molar-refractivity contribution in [2.24, 2.45) is 0 Å². The van der Waals surface area contributed by atoms with Crippen LogP contribution in [0, 0.1) is 10.1 Å². The fourth-order valence-corrected chi connectivity index (χ4v) is 5.35. The Bertz CT molecular complexity index is 1130. The molecule has 2 aromatic carbocycles. The van der Waals surface area contributed by atoms with Crippen LogP contribution in [0.1, 0.15) is 49.0 Å². The minimum atomic E-state index is -2.08. The number of nitro benzene ring substituents is 1. The number of likely N-dealkylation sites (tertiary alicyclic amines) is 1. The normalized spacial score (nSPS) is 18.0. The monoisotopic (exact) mass is 530 g/mol. The quantitative estimate of drug-likeness (QED) is 0.235. The Hall–Kier alpha value is -3.11. The van der Waals surface area contributed by atoms with Gasteiger partial charge in [0.25, 0.3) is 11.6 Å². The van der Waals surface area contributed by atoms with Crippen molar-refractivity contribution in [1.29, 1.82) is 0 Å². The number of carbonyl (C=O) groups is 1. The summed E-state index contributed by atoms with van der Waals surface area (Å²) in [5.41, 5.74) is 0.727. The van der Waals surface area contributed by atoms with E-state index in [4.69, 9.17) is 18.6 Å². The number of hydrogen-bond donors (Lipinski definition) is 0. The zero-order valence-corrected chi connectivity index (χ0v) is 24.0. The van der Waals surface area contributed by atoms with Gasteiger partial charge in [-0.25, -0.2) is 0 Å². The number of ether oxygens (including phenoxy) is 3. The topological polar surface area (TPSA) is 100 Å². The first-order chi connectivity index (χ1) is 17.3. The van der Waals surface area contributed by atoms with Crippen LogP contribution in [0.5, 0.6) is 17.2 Å². The van der Waals surface area contributed by atoms with Crippen molar-refractivity contribution in [3.8, 4) is 17.2 Å². The molecular weight excluding hydrogens is 492 g/mol. The SMILES string of the molecule is COc1ccc([C@H]2C[C@@H](CO[Si](C)(C)C(C)(C)C)N(C(=O)c3cc(OC)c(OC)cc3[N+](=O)[O-])C2)cc1. The van der Waals surface area contributed by atoms with Gasteiger partial charge in [0.2, 0.25) is 0 Å². The van der Waals surface area contributed by atoms with Crippen LogP contribution in [0.15, 0.2) is 36.4 Å². The number of nitro groups is 1. The molecule has 1 saturated heterocycles. The molecule has 0 spiro atoms. The first-order valence-electron chi connectivity index (χ1n) is 12.3. The van der Waals surface area contributed by atoms with Gasteiger partial charge in [-0.2, -0.15) is 0 Å². The van der Waals surface area contributed by atoms with E-state index in [-0.39, 0.29) is 39.7 Å². The van der Waals surface area contributed by atoms with Gasteiger partial charge in [-0.3, -0.25) is 14.9 Å². The maximum Gasteiger partial charge on any atom is 0.286 e. The number of methoxy groups -OCH3 is 3. The average molecular weight is 531 g/mol. The lowest BCUT2D eigenvalue weighted by Crippen LogP contribution is -2.46. The summed E-state index contributed by atoms with van der Waals surface area (Å²) in [6.07, 6.45) is 0.688. The van der Waals surface area contributed by atoms with Gasteiger partial charge in [-0.1, -0.05) is 32.9 Å². The average Bonchev–Trinajstić information content (AvgIpc) is 3.29. The number of rotatable bonds is 9. The lowest BCUT2D eigenvalue weighted by molar-refractivity contribution is -0.385. The van der Waals surface area contributed by atoms with Crippen LogP contribution >= 0.6 is 0 Å². The largest absolute Gasteiger partial charge is 0.497 e. The maximum absolute atomic E-state index is 13.9. The third-order valence-corrected chi connectivity index (χ3v) is 12.1. The van der Waals surface area contributed by atoms with E-state index < -0.39 is 19.1 Å². The second-order valence-electron chi connectivity index (χ2n) is 10.9. The van der Waals surface area contributed by atoms with Crippen LogP contribution in [0.3, 0.4) is 0 Å². The number of amides is 1. The lowest BCUT2D eigenvalue weighted by Gasteiger charge is -2.38. The highest BCUT2D eigenvalue weighted by Crippen LogP contribution is 2.40. The molecule has 0 aliphatic carbocycles. The summed E-state index contributed by atoms with van der Waals surface area (Å²) in [4.78, 5) is 27.0. The molecule has 1 aliphatic heterocycles. The van der Waals surface area contributed by atoms with Crippen molar-refractivity contribution in [2.75, 3.05) is 34.5 Å². The molecule has 2 aromatic rings. The molecule has 202 valence electrons. The summed E-state index contributed by atoms with van der Waals surface area (Å²) < 4.78 is 22.4. The van der Waals surface area contributed by atoms with E-state index in [9.17, 15) is 14.9 Å². The number of carbonyl (C=O) groups excluding carboxylic acids is 1. The second-order valence-corrected chi connectivity index (χ2v) is 15.7. The van der Waals surface area contributed by atoms with Crippen molar-refractivity contribution in [1.82, 2.24) is 4.90 Å². The van der Waals surface area contributed by atoms with Crippen LogP contribution in [-0.4, -0.2) is 64.6 Å². The van der Waals surface area contributed by atoms with Crippen LogP contribution in [0.2, 0.25) is 18.1 Å². The van der Waals surface area contributed by atoms with Crippen LogP contribution in [0.4, 0.5) is 5.69 Å². The molecule has 37 heavy (non-hydrogen) atoms. The Labute approximate surface area is 219 Å². The highest BCUT2D eigenvalue weighted by atomic mass is 28.4. The molecule has 1 amide bonds. The van der Waals surface area contributed by atoms with Crippen molar-refractivity contribution < 1.29 is 28.4 Å². The van der Waals surface area contributed by atoms with E-state index in [1.807, 2.05) is 24.3 Å². The van der Waals surface area contributed by atoms with E-state index in [1.165, 1.54) is 26.4 Å². The summed E-state index contributed by atoms with van der Waals surface area (Å²) in [6.45, 7) is 11.7. The molecule has 1 fully saturated rings. The molecule has 0 radical (unpaired) electrons. The predicted octanol–water partition coefficient (Wildman–Crippen LogP) is 5.64. The van der Waals surface area contributed by atoms with Crippen molar-refractivity contribution in [2.45, 2.75) is 57.3 Å². The Morgan fingerprint density at radius 1 is 1.05 bits per heavy atom. The molecule has 0 N–H and O–H groups in total. The Kier molecular flexibility index (Phi) is 8.54. The summed E-state index contributed by atoms with van der Waals surface area (Å²) in [5.74, 6) is 0.848. The highest BCUT2D eigenvalue weighted by molar-refractivity contribution is 6.74. The van der Waals surface area contributed by atoms with Gasteiger partial charge in [0.15, 0.2) is 19.8 Å². The predicted molar refractivity (Wildman–Crippen MR) is 145 cm³/mol. The smallest absolute Gasteiger partial charge is 0.286 e. The second kappa shape index (κ2) is 11.1. The molecule has 0 aromatic heterocycles. The van der Waals surface area contributed by atoms with Gasteiger partial charge in [0.05, 0.1) is 45.0 Å². The van der Waals surface area contributed by atoms with Gasteiger partial charge in [0.1, 0.15) is 11.3 Å². The van der Waals surface area contributed by atoms with Crippen molar-refractivity contribution in [3.63, 3.8) is 0 Å². The highest BCUT2D eigenvalue weighted by Gasteiger charge is 2.42. The van der Waals surface area contributed by atoms with E-state index in [1.54, 1.807) is 12.0 Å². The fourth-order valence-electron chi connectivity index (χ4n) is 4.31. The third-order valence-electron chi connectivity index (χ3n) is 7.63. The Morgan fingerprint density at radius 2 is 1.65 bits per heavy atom. The van der Waals surface area contributed by atoms with Gasteiger partial charge < -0.3 is 23.5 Å². The van der Waals surface area contributed by atoms with Crippen molar-refractivity contribution >= 4 is 19.9 Å². The third kappa shape index (κ3) is 6.07. The number of hydrogen-bond acceptors (Lipinski definition) is 7. The Balaban J connectivity index is 1.99. The summed E-state index contributed by atoms with van der Waals surface area (Å²) >= 11 is 0. The van der Waals surface area contributed by atoms with Crippen molar-refractivity contribution in [3.05, 3.63) is 57.6 Å². The molecular formula is C27H38N2O7Si. The molecule has 0 unspecified atom stereocenters. The van der Waals surface area contributed by atoms with E-state index >= 15 is 0 Å². The summed E-state index contributed by atoms with van der Waals surface area (Å²) in [6, 6.07) is 10.2. The van der Waals surface area contributed by atoms with Crippen LogP contribution in [-0.2, 0) is 4.43 Å². The molecule has 0 saturated carbocycles. The van der Waals surface area contributed by atoms with Gasteiger partial charge in [-0.15, -0.1) is 0 Å². The van der Waals surface area contributed by atoms with Gasteiger partial charge in [-0.05, 0) is 42.2 Å². The summed E-state index contributed by atoms with van der Waals surface area (Å²) in [7, 11) is 2.37. The molecule has 1 heterocycles. The Morgan fingerprint density at radius 3 is 2.16 bits per heavy atom. The van der Waals surface area contributed by atoms with E-state index in [0.29, 0.717) is 19.6 Å². The van der Waals surface area contributed by atoms with E-state index in [0.717, 1.165) is 11.3 Å². The molecule has 9 nitrogen and oxygen atoms in total. The fraction of sp³-hybridized carbons (Fsp3) is 0.519. The molecule has 0 bridgehead atoms. The molecule has 10 heteroatoms. The molecule has 3 rings (SSSR count). The number of benzene rings is 2. The molecule has 1 aliphatic rings. The van der Waals surface area contributed by atoms with Crippen LogP contribution < -0.4 is 14.2 Å². The standard InChI is InChI=1S/C27H38N2O7Si/c1-27(2,3)37(7,8)36-17-20-13-19(18-9-11-21(33-4)12-10-18)16-28(20)26(30)22-14-24(34-5)25(35-6)15-23(22)29(31)32/h9-12,14-15,19-20H,13,16-17H2,1-8H3/t19-,20-/m0/s1. The van der Waals surface area contributed by atoms with Gasteiger partial charge in [0, 0.05) is 18.5 Å². The van der Waals surface area contributed by atoms with Crippen LogP contribution in [0.25, 0.3) is 0 Å². The number of nitrogens with zero attached hydrogens (tertiary/aromatic N) is 2.